The van der Waals surface area contributed by atoms with Crippen LogP contribution in [0.1, 0.15) is 0 Å². The molecule has 0 aliphatic heterocycles. The Bertz CT molecular complexity index is 693. The maximum Gasteiger partial charge on any atom is 0.222 e. The molecule has 22 heavy (non-hydrogen) atoms. The Hall–Kier alpha value is -3.21. The van der Waals surface area contributed by atoms with Crippen LogP contribution >= 0.6 is 0 Å². The second kappa shape index (κ2) is 6.05. The zero-order valence-electron chi connectivity index (χ0n) is 11.8. The number of ether oxygens (including phenoxy) is 2. The number of anilines is 2. The van der Waals surface area contributed by atoms with Gasteiger partial charge in [0.05, 0.1) is 0 Å². The second-order valence-corrected chi connectivity index (χ2v) is 4.66. The lowest BCUT2D eigenvalue weighted by Crippen LogP contribution is -1.92. The lowest BCUT2D eigenvalue weighted by atomic mass is 10.3. The van der Waals surface area contributed by atoms with Gasteiger partial charge in [-0.05, 0) is 48.5 Å². The highest BCUT2D eigenvalue weighted by molar-refractivity contribution is 5.43. The summed E-state index contributed by atoms with van der Waals surface area (Å²) in [4.78, 5) is 4.30. The van der Waals surface area contributed by atoms with Crippen LogP contribution in [0.3, 0.4) is 0 Å². The Morgan fingerprint density at radius 1 is 0.591 bits per heavy atom. The second-order valence-electron chi connectivity index (χ2n) is 4.66. The third-order valence-corrected chi connectivity index (χ3v) is 2.90. The van der Waals surface area contributed by atoms with Crippen molar-refractivity contribution in [1.82, 2.24) is 4.98 Å². The normalized spacial score (nSPS) is 10.2. The molecular weight excluding hydrogens is 278 g/mol. The van der Waals surface area contributed by atoms with E-state index in [1.54, 1.807) is 60.7 Å². The molecule has 0 unspecified atom stereocenters. The summed E-state index contributed by atoms with van der Waals surface area (Å²) in [5.74, 6) is 2.20. The summed E-state index contributed by atoms with van der Waals surface area (Å²) in [6.45, 7) is 0. The first-order chi connectivity index (χ1) is 10.7. The molecule has 2 aromatic carbocycles. The number of nitrogens with zero attached hydrogens (tertiary/aromatic N) is 1. The SMILES string of the molecule is Nc1ccc(Oc2cccc(Oc3ccc(N)cc3)n2)cc1. The van der Waals surface area contributed by atoms with Gasteiger partial charge in [0.1, 0.15) is 11.5 Å². The first-order valence-electron chi connectivity index (χ1n) is 6.73. The summed E-state index contributed by atoms with van der Waals surface area (Å²) < 4.78 is 11.3. The monoisotopic (exact) mass is 293 g/mol. The van der Waals surface area contributed by atoms with Crippen molar-refractivity contribution < 1.29 is 9.47 Å². The maximum absolute atomic E-state index is 5.66. The molecule has 0 atom stereocenters. The molecule has 1 aromatic heterocycles. The van der Waals surface area contributed by atoms with E-state index in [0.717, 1.165) is 0 Å². The van der Waals surface area contributed by atoms with Gasteiger partial charge in [0.2, 0.25) is 11.8 Å². The summed E-state index contributed by atoms with van der Waals surface area (Å²) >= 11 is 0. The quantitative estimate of drug-likeness (QED) is 0.714. The highest BCUT2D eigenvalue weighted by Crippen LogP contribution is 2.25. The van der Waals surface area contributed by atoms with Crippen molar-refractivity contribution in [3.8, 4) is 23.3 Å². The standard InChI is InChI=1S/C17H15N3O2/c18-12-4-8-14(9-5-12)21-16-2-1-3-17(20-16)22-15-10-6-13(19)7-11-15/h1-11H,18-19H2. The number of hydrogen-bond donors (Lipinski definition) is 2. The Balaban J connectivity index is 1.74. The van der Waals surface area contributed by atoms with E-state index in [4.69, 9.17) is 20.9 Å². The Kier molecular flexibility index (Phi) is 3.78. The molecule has 0 saturated heterocycles. The van der Waals surface area contributed by atoms with E-state index in [0.29, 0.717) is 34.6 Å². The number of pyridine rings is 1. The molecule has 0 fully saturated rings. The van der Waals surface area contributed by atoms with Crippen LogP contribution in [0.25, 0.3) is 0 Å². The number of nitrogens with two attached hydrogens (primary N) is 2. The fraction of sp³-hybridized carbons (Fsp3) is 0. The molecule has 0 bridgehead atoms. The Morgan fingerprint density at radius 2 is 1.00 bits per heavy atom. The molecule has 0 radical (unpaired) electrons. The largest absolute Gasteiger partial charge is 0.439 e. The molecule has 3 aromatic rings. The van der Waals surface area contributed by atoms with Crippen molar-refractivity contribution in [3.63, 3.8) is 0 Å². The Labute approximate surface area is 128 Å². The zero-order valence-corrected chi connectivity index (χ0v) is 11.8. The predicted molar refractivity (Wildman–Crippen MR) is 86.1 cm³/mol. The van der Waals surface area contributed by atoms with Gasteiger partial charge < -0.3 is 20.9 Å². The van der Waals surface area contributed by atoms with Crippen molar-refractivity contribution in [1.29, 1.82) is 0 Å². The molecule has 4 N–H and O–H groups in total. The van der Waals surface area contributed by atoms with Crippen LogP contribution in [-0.4, -0.2) is 4.98 Å². The fourth-order valence-corrected chi connectivity index (χ4v) is 1.82. The van der Waals surface area contributed by atoms with E-state index in [2.05, 4.69) is 4.98 Å². The maximum atomic E-state index is 5.66. The molecule has 0 spiro atoms. The number of benzene rings is 2. The van der Waals surface area contributed by atoms with Gasteiger partial charge in [0.25, 0.3) is 0 Å². The van der Waals surface area contributed by atoms with E-state index in [9.17, 15) is 0 Å². The molecule has 0 saturated carbocycles. The van der Waals surface area contributed by atoms with Gasteiger partial charge >= 0.3 is 0 Å². The smallest absolute Gasteiger partial charge is 0.222 e. The summed E-state index contributed by atoms with van der Waals surface area (Å²) in [7, 11) is 0. The van der Waals surface area contributed by atoms with Crippen LogP contribution in [0.4, 0.5) is 11.4 Å². The Morgan fingerprint density at radius 3 is 1.41 bits per heavy atom. The molecule has 0 aliphatic rings. The molecule has 0 aliphatic carbocycles. The minimum absolute atomic E-state index is 0.442. The number of nitrogen functional groups attached to an aromatic ring is 2. The highest BCUT2D eigenvalue weighted by atomic mass is 16.5. The van der Waals surface area contributed by atoms with E-state index in [1.165, 1.54) is 0 Å². The van der Waals surface area contributed by atoms with E-state index < -0.39 is 0 Å². The van der Waals surface area contributed by atoms with Gasteiger partial charge in [-0.25, -0.2) is 0 Å². The van der Waals surface area contributed by atoms with Gasteiger partial charge in [-0.2, -0.15) is 4.98 Å². The van der Waals surface area contributed by atoms with Gasteiger partial charge in [0, 0.05) is 23.5 Å². The van der Waals surface area contributed by atoms with Crippen LogP contribution < -0.4 is 20.9 Å². The number of rotatable bonds is 4. The molecule has 0 amide bonds. The number of hydrogen-bond acceptors (Lipinski definition) is 5. The van der Waals surface area contributed by atoms with Crippen LogP contribution in [-0.2, 0) is 0 Å². The molecule has 3 rings (SSSR count). The molecule has 1 heterocycles. The van der Waals surface area contributed by atoms with Crippen LogP contribution in [0, 0.1) is 0 Å². The van der Waals surface area contributed by atoms with Crippen molar-refractivity contribution in [2.24, 2.45) is 0 Å². The van der Waals surface area contributed by atoms with Gasteiger partial charge in [-0.15, -0.1) is 0 Å². The minimum atomic E-state index is 0.442. The molecular formula is C17H15N3O2. The third kappa shape index (κ3) is 3.46. The summed E-state index contributed by atoms with van der Waals surface area (Å²) in [5, 5.41) is 0. The summed E-state index contributed by atoms with van der Waals surface area (Å²) in [6.07, 6.45) is 0. The summed E-state index contributed by atoms with van der Waals surface area (Å²) in [6, 6.07) is 19.5. The lowest BCUT2D eigenvalue weighted by Gasteiger charge is -2.08. The average molecular weight is 293 g/mol. The van der Waals surface area contributed by atoms with Crippen LogP contribution in [0.15, 0.2) is 66.7 Å². The van der Waals surface area contributed by atoms with Gasteiger partial charge in [-0.1, -0.05) is 6.07 Å². The van der Waals surface area contributed by atoms with Gasteiger partial charge in [-0.3, -0.25) is 0 Å². The van der Waals surface area contributed by atoms with E-state index in [1.807, 2.05) is 6.07 Å². The van der Waals surface area contributed by atoms with Crippen LogP contribution in [0.5, 0.6) is 23.3 Å². The molecule has 5 heteroatoms. The molecule has 110 valence electrons. The first kappa shape index (κ1) is 13.8. The van der Waals surface area contributed by atoms with Crippen molar-refractivity contribution in [2.75, 3.05) is 11.5 Å². The predicted octanol–water partition coefficient (Wildman–Crippen LogP) is 3.83. The summed E-state index contributed by atoms with van der Waals surface area (Å²) in [5.41, 5.74) is 12.6. The molecule has 5 nitrogen and oxygen atoms in total. The number of aromatic nitrogens is 1. The van der Waals surface area contributed by atoms with Crippen molar-refractivity contribution in [2.45, 2.75) is 0 Å². The lowest BCUT2D eigenvalue weighted by molar-refractivity contribution is 0.426. The minimum Gasteiger partial charge on any atom is -0.439 e. The topological polar surface area (TPSA) is 83.4 Å². The van der Waals surface area contributed by atoms with Crippen molar-refractivity contribution >= 4 is 11.4 Å². The zero-order chi connectivity index (χ0) is 15.4. The van der Waals surface area contributed by atoms with E-state index >= 15 is 0 Å². The first-order valence-corrected chi connectivity index (χ1v) is 6.73. The van der Waals surface area contributed by atoms with Crippen LogP contribution in [0.2, 0.25) is 0 Å². The van der Waals surface area contributed by atoms with E-state index in [-0.39, 0.29) is 0 Å². The average Bonchev–Trinajstić information content (AvgIpc) is 2.52. The third-order valence-electron chi connectivity index (χ3n) is 2.90. The van der Waals surface area contributed by atoms with Crippen molar-refractivity contribution in [3.05, 3.63) is 66.7 Å². The fourth-order valence-electron chi connectivity index (χ4n) is 1.82. The van der Waals surface area contributed by atoms with Gasteiger partial charge in [0.15, 0.2) is 0 Å². The highest BCUT2D eigenvalue weighted by Gasteiger charge is 2.03.